The molecule has 2 unspecified atom stereocenters. The van der Waals surface area contributed by atoms with Crippen LogP contribution in [0.15, 0.2) is 18.2 Å². The Morgan fingerprint density at radius 2 is 2.29 bits per heavy atom. The summed E-state index contributed by atoms with van der Waals surface area (Å²) in [5, 5.41) is 23.8. The Bertz CT molecular complexity index is 550. The summed E-state index contributed by atoms with van der Waals surface area (Å²) in [5.74, 6) is -0.0229. The zero-order chi connectivity index (χ0) is 15.4. The molecular weight excluding hydrogens is 292 g/mol. The summed E-state index contributed by atoms with van der Waals surface area (Å²) >= 11 is 1.90. The van der Waals surface area contributed by atoms with Gasteiger partial charge in [-0.05, 0) is 37.1 Å². The normalized spacial score (nSPS) is 21.2. The van der Waals surface area contributed by atoms with Crippen molar-refractivity contribution in [1.82, 2.24) is 0 Å². The van der Waals surface area contributed by atoms with Crippen LogP contribution in [0, 0.1) is 10.1 Å². The lowest BCUT2D eigenvalue weighted by Crippen LogP contribution is -2.17. The van der Waals surface area contributed by atoms with Gasteiger partial charge in [0.1, 0.15) is 5.69 Å². The van der Waals surface area contributed by atoms with Crippen LogP contribution in [-0.2, 0) is 0 Å². The van der Waals surface area contributed by atoms with Crippen LogP contribution >= 0.6 is 11.8 Å². The number of carboxylic acids is 1. The van der Waals surface area contributed by atoms with E-state index >= 15 is 0 Å². The van der Waals surface area contributed by atoms with Crippen molar-refractivity contribution in [3.8, 4) is 0 Å². The van der Waals surface area contributed by atoms with Crippen LogP contribution in [0.4, 0.5) is 11.4 Å². The van der Waals surface area contributed by atoms with Crippen molar-refractivity contribution < 1.29 is 14.8 Å². The van der Waals surface area contributed by atoms with E-state index in [2.05, 4.69) is 12.2 Å². The van der Waals surface area contributed by atoms with Crippen molar-refractivity contribution in [2.75, 3.05) is 11.1 Å². The molecule has 1 aliphatic rings. The average Bonchev–Trinajstić information content (AvgIpc) is 2.86. The van der Waals surface area contributed by atoms with E-state index in [1.165, 1.54) is 18.2 Å². The number of nitrogens with one attached hydrogen (secondary N) is 1. The quantitative estimate of drug-likeness (QED) is 0.618. The maximum atomic E-state index is 11.1. The number of hydrogen-bond donors (Lipinski definition) is 2. The number of thioether (sulfide) groups is 1. The van der Waals surface area contributed by atoms with E-state index < -0.39 is 10.9 Å². The highest BCUT2D eigenvalue weighted by Crippen LogP contribution is 2.34. The number of hydrogen-bond acceptors (Lipinski definition) is 5. The van der Waals surface area contributed by atoms with E-state index in [1.54, 1.807) is 0 Å². The summed E-state index contributed by atoms with van der Waals surface area (Å²) in [6, 6.07) is 4.02. The van der Waals surface area contributed by atoms with Gasteiger partial charge in [-0.15, -0.1) is 0 Å². The van der Waals surface area contributed by atoms with Crippen molar-refractivity contribution in [2.45, 2.75) is 37.5 Å². The number of benzene rings is 1. The molecule has 0 saturated heterocycles. The maximum Gasteiger partial charge on any atom is 0.335 e. The molecule has 1 fully saturated rings. The van der Waals surface area contributed by atoms with Gasteiger partial charge < -0.3 is 10.4 Å². The van der Waals surface area contributed by atoms with Crippen LogP contribution in [0.5, 0.6) is 0 Å². The Balaban J connectivity index is 2.16. The Morgan fingerprint density at radius 1 is 1.52 bits per heavy atom. The summed E-state index contributed by atoms with van der Waals surface area (Å²) in [6.07, 6.45) is 2.99. The third-order valence-corrected chi connectivity index (χ3v) is 4.82. The van der Waals surface area contributed by atoms with E-state index in [1.807, 2.05) is 11.8 Å². The number of aromatic carboxylic acids is 1. The van der Waals surface area contributed by atoms with Crippen LogP contribution < -0.4 is 5.32 Å². The van der Waals surface area contributed by atoms with Crippen molar-refractivity contribution in [3.05, 3.63) is 33.9 Å². The van der Waals surface area contributed by atoms with Crippen LogP contribution in [0.2, 0.25) is 0 Å². The van der Waals surface area contributed by atoms with Crippen molar-refractivity contribution in [1.29, 1.82) is 0 Å². The van der Waals surface area contributed by atoms with E-state index in [4.69, 9.17) is 5.11 Å². The first-order valence-corrected chi connectivity index (χ1v) is 7.96. The van der Waals surface area contributed by atoms with Gasteiger partial charge in [-0.2, -0.15) is 11.8 Å². The highest BCUT2D eigenvalue weighted by molar-refractivity contribution is 7.99. The molecule has 1 aromatic rings. The van der Waals surface area contributed by atoms with E-state index in [-0.39, 0.29) is 17.3 Å². The number of carboxylic acid groups (broad SMARTS) is 1. The van der Waals surface area contributed by atoms with Crippen LogP contribution in [0.3, 0.4) is 0 Å². The molecule has 2 rings (SSSR count). The molecule has 2 atom stereocenters. The number of nitro benzene ring substituents is 1. The van der Waals surface area contributed by atoms with Crippen LogP contribution in [0.1, 0.15) is 36.5 Å². The molecule has 7 heteroatoms. The molecule has 6 nitrogen and oxygen atoms in total. The summed E-state index contributed by atoms with van der Waals surface area (Å²) in [7, 11) is 0. The molecule has 0 amide bonds. The van der Waals surface area contributed by atoms with Gasteiger partial charge in [-0.3, -0.25) is 10.1 Å². The molecule has 0 aromatic heterocycles. The SMILES string of the molecule is CCSC1CCC(Nc2cc(C(=O)O)ccc2[N+](=O)[O-])C1. The fourth-order valence-electron chi connectivity index (χ4n) is 2.62. The first-order valence-electron chi connectivity index (χ1n) is 6.91. The maximum absolute atomic E-state index is 11.1. The lowest BCUT2D eigenvalue weighted by molar-refractivity contribution is -0.384. The van der Waals surface area contributed by atoms with Gasteiger partial charge in [0.15, 0.2) is 0 Å². The standard InChI is InChI=1S/C14H18N2O4S/c1-2-21-11-5-4-10(8-11)15-12-7-9(14(17)18)3-6-13(12)16(19)20/h3,6-7,10-11,15H,2,4-5,8H2,1H3,(H,17,18). The minimum absolute atomic E-state index is 0.0561. The molecule has 21 heavy (non-hydrogen) atoms. The molecule has 2 N–H and O–H groups in total. The molecule has 0 aliphatic heterocycles. The highest BCUT2D eigenvalue weighted by atomic mass is 32.2. The highest BCUT2D eigenvalue weighted by Gasteiger charge is 2.26. The van der Waals surface area contributed by atoms with Gasteiger partial charge in [0.05, 0.1) is 10.5 Å². The van der Waals surface area contributed by atoms with Crippen molar-refractivity contribution in [3.63, 3.8) is 0 Å². The van der Waals surface area contributed by atoms with Crippen molar-refractivity contribution in [2.24, 2.45) is 0 Å². The molecule has 0 heterocycles. The molecule has 1 saturated carbocycles. The molecule has 1 aromatic carbocycles. The summed E-state index contributed by atoms with van der Waals surface area (Å²) in [5.41, 5.74) is 0.277. The summed E-state index contributed by atoms with van der Waals surface area (Å²) in [4.78, 5) is 21.6. The second-order valence-electron chi connectivity index (χ2n) is 5.03. The van der Waals surface area contributed by atoms with Crippen LogP contribution in [0.25, 0.3) is 0 Å². The molecule has 0 radical (unpaired) electrons. The lowest BCUT2D eigenvalue weighted by Gasteiger charge is -2.15. The first-order chi connectivity index (χ1) is 10.0. The van der Waals surface area contributed by atoms with Gasteiger partial charge in [0, 0.05) is 17.4 Å². The lowest BCUT2D eigenvalue weighted by atomic mass is 10.1. The first kappa shape index (κ1) is 15.6. The number of carbonyl (C=O) groups is 1. The van der Waals surface area contributed by atoms with Crippen LogP contribution in [-0.4, -0.2) is 33.0 Å². The van der Waals surface area contributed by atoms with Gasteiger partial charge in [0.2, 0.25) is 0 Å². The van der Waals surface area contributed by atoms with E-state index in [9.17, 15) is 14.9 Å². The number of nitrogens with zero attached hydrogens (tertiary/aromatic N) is 1. The molecule has 114 valence electrons. The molecule has 0 spiro atoms. The van der Waals surface area contributed by atoms with Gasteiger partial charge >= 0.3 is 5.97 Å². The minimum atomic E-state index is -1.08. The Hall–Kier alpha value is -1.76. The zero-order valence-electron chi connectivity index (χ0n) is 11.7. The molecule has 0 bridgehead atoms. The summed E-state index contributed by atoms with van der Waals surface area (Å²) < 4.78 is 0. The number of nitro groups is 1. The second-order valence-corrected chi connectivity index (χ2v) is 6.60. The number of anilines is 1. The topological polar surface area (TPSA) is 92.5 Å². The minimum Gasteiger partial charge on any atom is -0.478 e. The smallest absolute Gasteiger partial charge is 0.335 e. The monoisotopic (exact) mass is 310 g/mol. The Labute approximate surface area is 127 Å². The van der Waals surface area contributed by atoms with E-state index in [0.29, 0.717) is 10.9 Å². The second kappa shape index (κ2) is 6.80. The largest absolute Gasteiger partial charge is 0.478 e. The van der Waals surface area contributed by atoms with Crippen molar-refractivity contribution >= 4 is 29.1 Å². The van der Waals surface area contributed by atoms with Gasteiger partial charge in [-0.25, -0.2) is 4.79 Å². The zero-order valence-corrected chi connectivity index (χ0v) is 12.6. The Morgan fingerprint density at radius 3 is 2.90 bits per heavy atom. The number of rotatable bonds is 6. The third kappa shape index (κ3) is 3.87. The summed E-state index contributed by atoms with van der Waals surface area (Å²) in [6.45, 7) is 2.12. The third-order valence-electron chi connectivity index (χ3n) is 3.59. The fourth-order valence-corrected chi connectivity index (χ4v) is 3.76. The molecular formula is C14H18N2O4S. The van der Waals surface area contributed by atoms with E-state index in [0.717, 1.165) is 25.0 Å². The predicted molar refractivity (Wildman–Crippen MR) is 83.2 cm³/mol. The van der Waals surface area contributed by atoms with Gasteiger partial charge in [0.25, 0.3) is 5.69 Å². The molecule has 1 aliphatic carbocycles. The Kier molecular flexibility index (Phi) is 5.06. The predicted octanol–water partition coefficient (Wildman–Crippen LogP) is 3.38. The average molecular weight is 310 g/mol. The fraction of sp³-hybridized carbons (Fsp3) is 0.500. The van der Waals surface area contributed by atoms with Gasteiger partial charge in [-0.1, -0.05) is 6.92 Å².